The molecule has 1 atom stereocenters. The fraction of sp³-hybridized carbons (Fsp3) is 0.333. The van der Waals surface area contributed by atoms with Crippen molar-refractivity contribution in [3.8, 4) is 11.4 Å². The SMILES string of the molecule is Cc1nc(C(=O)N2CCn3nc(-c4ccccc4)nc3[C@@H]2C)c(C)[nH]1. The molecule has 0 saturated heterocycles. The molecule has 0 unspecified atom stereocenters. The van der Waals surface area contributed by atoms with Crippen LogP contribution in [0.5, 0.6) is 0 Å². The van der Waals surface area contributed by atoms with Crippen molar-refractivity contribution in [3.05, 3.63) is 53.4 Å². The molecular formula is C18H20N6O. The van der Waals surface area contributed by atoms with Gasteiger partial charge in [-0.25, -0.2) is 14.6 Å². The minimum Gasteiger partial charge on any atom is -0.346 e. The zero-order valence-electron chi connectivity index (χ0n) is 14.5. The topological polar surface area (TPSA) is 79.7 Å². The standard InChI is InChI=1S/C18H20N6O/c1-11-15(20-13(3)19-11)18(25)23-9-10-24-17(12(23)2)21-16(22-24)14-7-5-4-6-8-14/h4-8,12H,9-10H2,1-3H3,(H,19,20)/t12-/m0/s1. The minimum atomic E-state index is -0.150. The Labute approximate surface area is 145 Å². The van der Waals surface area contributed by atoms with Crippen LogP contribution in [0.1, 0.15) is 40.8 Å². The summed E-state index contributed by atoms with van der Waals surface area (Å²) in [5.41, 5.74) is 2.26. The van der Waals surface area contributed by atoms with Gasteiger partial charge in [-0.3, -0.25) is 4.79 Å². The lowest BCUT2D eigenvalue weighted by atomic mass is 10.2. The van der Waals surface area contributed by atoms with Gasteiger partial charge in [0.15, 0.2) is 5.82 Å². The number of nitrogens with one attached hydrogen (secondary N) is 1. The van der Waals surface area contributed by atoms with Crippen molar-refractivity contribution >= 4 is 5.91 Å². The molecule has 0 saturated carbocycles. The van der Waals surface area contributed by atoms with E-state index >= 15 is 0 Å². The average molecular weight is 336 g/mol. The van der Waals surface area contributed by atoms with Crippen molar-refractivity contribution in [3.63, 3.8) is 0 Å². The molecule has 1 N–H and O–H groups in total. The van der Waals surface area contributed by atoms with Crippen LogP contribution in [0.4, 0.5) is 0 Å². The quantitative estimate of drug-likeness (QED) is 0.780. The van der Waals surface area contributed by atoms with Crippen LogP contribution < -0.4 is 0 Å². The summed E-state index contributed by atoms with van der Waals surface area (Å²) >= 11 is 0. The number of H-pyrrole nitrogens is 1. The fourth-order valence-electron chi connectivity index (χ4n) is 3.30. The Kier molecular flexibility index (Phi) is 3.63. The number of aromatic nitrogens is 5. The summed E-state index contributed by atoms with van der Waals surface area (Å²) in [6, 6.07) is 9.74. The van der Waals surface area contributed by atoms with Crippen molar-refractivity contribution in [2.24, 2.45) is 0 Å². The molecule has 2 aromatic heterocycles. The van der Waals surface area contributed by atoms with Gasteiger partial charge >= 0.3 is 0 Å². The molecule has 0 spiro atoms. The zero-order chi connectivity index (χ0) is 17.6. The largest absolute Gasteiger partial charge is 0.346 e. The number of nitrogens with zero attached hydrogens (tertiary/aromatic N) is 5. The van der Waals surface area contributed by atoms with Crippen LogP contribution in [0.3, 0.4) is 0 Å². The van der Waals surface area contributed by atoms with E-state index < -0.39 is 0 Å². The number of amides is 1. The van der Waals surface area contributed by atoms with E-state index in [2.05, 4.69) is 20.1 Å². The van der Waals surface area contributed by atoms with Crippen LogP contribution in [0.15, 0.2) is 30.3 Å². The fourth-order valence-corrected chi connectivity index (χ4v) is 3.30. The third kappa shape index (κ3) is 2.61. The molecule has 0 aliphatic carbocycles. The molecule has 25 heavy (non-hydrogen) atoms. The molecule has 0 bridgehead atoms. The van der Waals surface area contributed by atoms with E-state index in [1.165, 1.54) is 0 Å². The highest BCUT2D eigenvalue weighted by atomic mass is 16.2. The lowest BCUT2D eigenvalue weighted by molar-refractivity contribution is 0.0624. The number of imidazole rings is 1. The van der Waals surface area contributed by atoms with E-state index in [4.69, 9.17) is 0 Å². The van der Waals surface area contributed by atoms with Crippen molar-refractivity contribution in [1.29, 1.82) is 0 Å². The van der Waals surface area contributed by atoms with Crippen LogP contribution in [0.25, 0.3) is 11.4 Å². The van der Waals surface area contributed by atoms with E-state index in [0.717, 1.165) is 22.9 Å². The molecule has 1 aliphatic heterocycles. The molecule has 0 fully saturated rings. The minimum absolute atomic E-state index is 0.0649. The average Bonchev–Trinajstić information content (AvgIpc) is 3.19. The summed E-state index contributed by atoms with van der Waals surface area (Å²) in [5, 5.41) is 4.61. The number of carbonyl (C=O) groups excluding carboxylic acids is 1. The van der Waals surface area contributed by atoms with Crippen LogP contribution in [-0.4, -0.2) is 42.1 Å². The third-order valence-electron chi connectivity index (χ3n) is 4.59. The molecule has 128 valence electrons. The van der Waals surface area contributed by atoms with E-state index in [1.807, 2.05) is 60.7 Å². The monoisotopic (exact) mass is 336 g/mol. The second-order valence-electron chi connectivity index (χ2n) is 6.35. The molecule has 7 nitrogen and oxygen atoms in total. The maximum atomic E-state index is 12.9. The van der Waals surface area contributed by atoms with Gasteiger partial charge in [-0.15, -0.1) is 0 Å². The normalized spacial score (nSPS) is 16.8. The lowest BCUT2D eigenvalue weighted by Crippen LogP contribution is -2.41. The predicted molar refractivity (Wildman–Crippen MR) is 93.0 cm³/mol. The third-order valence-corrected chi connectivity index (χ3v) is 4.59. The van der Waals surface area contributed by atoms with Crippen molar-refractivity contribution < 1.29 is 4.79 Å². The highest BCUT2D eigenvalue weighted by molar-refractivity contribution is 5.93. The van der Waals surface area contributed by atoms with Crippen molar-refractivity contribution in [2.75, 3.05) is 6.54 Å². The molecule has 1 aromatic carbocycles. The summed E-state index contributed by atoms with van der Waals surface area (Å²) in [7, 11) is 0. The van der Waals surface area contributed by atoms with Gasteiger partial charge in [0.05, 0.1) is 12.6 Å². The van der Waals surface area contributed by atoms with Gasteiger partial charge in [-0.05, 0) is 20.8 Å². The molecule has 7 heteroatoms. The molecule has 0 radical (unpaired) electrons. The Morgan fingerprint density at radius 2 is 1.92 bits per heavy atom. The van der Waals surface area contributed by atoms with Gasteiger partial charge in [-0.1, -0.05) is 30.3 Å². The number of benzene rings is 1. The highest BCUT2D eigenvalue weighted by Crippen LogP contribution is 2.27. The summed E-state index contributed by atoms with van der Waals surface area (Å²) in [6.07, 6.45) is 0. The first-order valence-corrected chi connectivity index (χ1v) is 8.39. The number of aromatic amines is 1. The Bertz CT molecular complexity index is 926. The maximum absolute atomic E-state index is 12.9. The van der Waals surface area contributed by atoms with Gasteiger partial charge in [0.2, 0.25) is 0 Å². The Balaban J connectivity index is 1.65. The number of aryl methyl sites for hydroxylation is 2. The molecule has 1 amide bonds. The second kappa shape index (κ2) is 5.84. The van der Waals surface area contributed by atoms with Crippen LogP contribution in [0, 0.1) is 13.8 Å². The number of rotatable bonds is 2. The number of hydrogen-bond donors (Lipinski definition) is 1. The summed E-state index contributed by atoms with van der Waals surface area (Å²) in [6.45, 7) is 6.94. The van der Waals surface area contributed by atoms with E-state index in [-0.39, 0.29) is 11.9 Å². The van der Waals surface area contributed by atoms with E-state index in [9.17, 15) is 4.79 Å². The first-order valence-electron chi connectivity index (χ1n) is 8.39. The lowest BCUT2D eigenvalue weighted by Gasteiger charge is -2.32. The number of carbonyl (C=O) groups is 1. The van der Waals surface area contributed by atoms with Crippen molar-refractivity contribution in [2.45, 2.75) is 33.4 Å². The predicted octanol–water partition coefficient (Wildman–Crippen LogP) is 2.50. The summed E-state index contributed by atoms with van der Waals surface area (Å²) < 4.78 is 1.90. The summed E-state index contributed by atoms with van der Waals surface area (Å²) in [5.74, 6) is 2.19. The Morgan fingerprint density at radius 3 is 2.60 bits per heavy atom. The second-order valence-corrected chi connectivity index (χ2v) is 6.35. The molecule has 1 aliphatic rings. The van der Waals surface area contributed by atoms with E-state index in [0.29, 0.717) is 24.6 Å². The van der Waals surface area contributed by atoms with Gasteiger partial charge < -0.3 is 9.88 Å². The first-order chi connectivity index (χ1) is 12.0. The molecule has 3 heterocycles. The van der Waals surface area contributed by atoms with Gasteiger partial charge in [0, 0.05) is 17.8 Å². The molecule has 4 rings (SSSR count). The van der Waals surface area contributed by atoms with Gasteiger partial charge in [0.25, 0.3) is 5.91 Å². The van der Waals surface area contributed by atoms with Crippen LogP contribution in [-0.2, 0) is 6.54 Å². The zero-order valence-corrected chi connectivity index (χ0v) is 14.5. The number of fused-ring (bicyclic) bond motifs is 1. The molecular weight excluding hydrogens is 316 g/mol. The first kappa shape index (κ1) is 15.6. The molecule has 3 aromatic rings. The summed E-state index contributed by atoms with van der Waals surface area (Å²) in [4.78, 5) is 26.9. The van der Waals surface area contributed by atoms with Crippen LogP contribution in [0.2, 0.25) is 0 Å². The Morgan fingerprint density at radius 1 is 1.16 bits per heavy atom. The van der Waals surface area contributed by atoms with Gasteiger partial charge in [-0.2, -0.15) is 5.10 Å². The maximum Gasteiger partial charge on any atom is 0.275 e. The Hall–Kier alpha value is -2.96. The van der Waals surface area contributed by atoms with E-state index in [1.54, 1.807) is 0 Å². The number of hydrogen-bond acceptors (Lipinski definition) is 4. The highest BCUT2D eigenvalue weighted by Gasteiger charge is 2.32. The van der Waals surface area contributed by atoms with Crippen LogP contribution >= 0.6 is 0 Å². The smallest absolute Gasteiger partial charge is 0.275 e. The van der Waals surface area contributed by atoms with Crippen molar-refractivity contribution in [1.82, 2.24) is 29.6 Å². The van der Waals surface area contributed by atoms with Gasteiger partial charge in [0.1, 0.15) is 17.3 Å².